The number of hydrogen-bond acceptors (Lipinski definition) is 7. The predicted octanol–water partition coefficient (Wildman–Crippen LogP) is 6.17. The Morgan fingerprint density at radius 3 is 2.23 bits per heavy atom. The molecule has 1 fully saturated rings. The molecule has 0 amide bonds. The number of aliphatic hydroxyl groups is 1. The summed E-state index contributed by atoms with van der Waals surface area (Å²) >= 11 is 0. The van der Waals surface area contributed by atoms with Crippen LogP contribution < -0.4 is 15.2 Å². The summed E-state index contributed by atoms with van der Waals surface area (Å²) in [6.07, 6.45) is 0.171. The first-order valence-electron chi connectivity index (χ1n) is 15.4. The average Bonchev–Trinajstić information content (AvgIpc) is 3.08. The van der Waals surface area contributed by atoms with Crippen molar-refractivity contribution >= 4 is 0 Å². The predicted molar refractivity (Wildman–Crippen MR) is 171 cm³/mol. The minimum atomic E-state index is -0.530. The maximum absolute atomic E-state index is 9.61. The van der Waals surface area contributed by atoms with Gasteiger partial charge in [-0.1, -0.05) is 67.6 Å². The molecular weight excluding hydrogens is 552 g/mol. The molecule has 4 atom stereocenters. The first kappa shape index (κ1) is 30.3. The van der Waals surface area contributed by atoms with Gasteiger partial charge >= 0.3 is 0 Å². The van der Waals surface area contributed by atoms with Crippen LogP contribution in [0.2, 0.25) is 0 Å². The van der Waals surface area contributed by atoms with Crippen LogP contribution in [0.15, 0.2) is 84.9 Å². The summed E-state index contributed by atoms with van der Waals surface area (Å²) in [7, 11) is 3.36. The third-order valence-electron chi connectivity index (χ3n) is 9.01. The van der Waals surface area contributed by atoms with Gasteiger partial charge in [-0.15, -0.1) is 0 Å². The SMILES string of the molecule is COc1cc2c(cc1OC)CN(CC1OC(c3cccc(-c4cccc(CN)c4)c3)OC(c3ccc(CO)cc3)C1C)CC2. The Balaban J connectivity index is 1.28. The highest BCUT2D eigenvalue weighted by atomic mass is 16.7. The lowest BCUT2D eigenvalue weighted by molar-refractivity contribution is -0.276. The van der Waals surface area contributed by atoms with Crippen LogP contribution in [0, 0.1) is 5.92 Å². The Morgan fingerprint density at radius 2 is 1.52 bits per heavy atom. The molecule has 0 aliphatic carbocycles. The maximum Gasteiger partial charge on any atom is 0.184 e. The molecule has 4 aromatic rings. The van der Waals surface area contributed by atoms with Crippen molar-refractivity contribution in [3.05, 3.63) is 118 Å². The lowest BCUT2D eigenvalue weighted by Crippen LogP contribution is -2.45. The lowest BCUT2D eigenvalue weighted by atomic mass is 9.89. The van der Waals surface area contributed by atoms with Gasteiger partial charge in [0, 0.05) is 37.7 Å². The number of nitrogens with two attached hydrogens (primary N) is 1. The van der Waals surface area contributed by atoms with E-state index < -0.39 is 6.29 Å². The Bertz CT molecular complexity index is 1570. The number of rotatable bonds is 9. The van der Waals surface area contributed by atoms with Gasteiger partial charge in [-0.2, -0.15) is 0 Å². The van der Waals surface area contributed by atoms with E-state index in [2.05, 4.69) is 72.5 Å². The fourth-order valence-electron chi connectivity index (χ4n) is 6.42. The summed E-state index contributed by atoms with van der Waals surface area (Å²) in [5.41, 5.74) is 14.7. The summed E-state index contributed by atoms with van der Waals surface area (Å²) in [6, 6.07) is 29.0. The Morgan fingerprint density at radius 1 is 0.818 bits per heavy atom. The van der Waals surface area contributed by atoms with E-state index in [9.17, 15) is 5.11 Å². The summed E-state index contributed by atoms with van der Waals surface area (Å²) in [4.78, 5) is 2.47. The summed E-state index contributed by atoms with van der Waals surface area (Å²) in [6.45, 7) is 5.26. The van der Waals surface area contributed by atoms with Crippen molar-refractivity contribution in [2.75, 3.05) is 27.3 Å². The number of benzene rings is 4. The zero-order valence-corrected chi connectivity index (χ0v) is 25.7. The van der Waals surface area contributed by atoms with Gasteiger partial charge in [0.25, 0.3) is 0 Å². The van der Waals surface area contributed by atoms with Crippen LogP contribution >= 0.6 is 0 Å². The van der Waals surface area contributed by atoms with Crippen molar-refractivity contribution in [3.63, 3.8) is 0 Å². The molecule has 44 heavy (non-hydrogen) atoms. The second-order valence-electron chi connectivity index (χ2n) is 11.8. The van der Waals surface area contributed by atoms with Crippen LogP contribution in [0.3, 0.4) is 0 Å². The first-order chi connectivity index (χ1) is 21.5. The Labute approximate surface area is 260 Å². The fraction of sp³-hybridized carbons (Fsp3) is 0.351. The molecule has 0 saturated carbocycles. The minimum absolute atomic E-state index is 0.0148. The quantitative estimate of drug-likeness (QED) is 0.240. The van der Waals surface area contributed by atoms with Crippen molar-refractivity contribution in [1.82, 2.24) is 4.90 Å². The average molecular weight is 595 g/mol. The molecule has 4 unspecified atom stereocenters. The number of nitrogens with zero attached hydrogens (tertiary/aromatic N) is 1. The van der Waals surface area contributed by atoms with E-state index >= 15 is 0 Å². The van der Waals surface area contributed by atoms with Gasteiger partial charge in [-0.25, -0.2) is 0 Å². The molecule has 7 heteroatoms. The van der Waals surface area contributed by atoms with Gasteiger partial charge < -0.3 is 29.8 Å². The second kappa shape index (κ2) is 13.5. The van der Waals surface area contributed by atoms with E-state index in [0.717, 1.165) is 70.9 Å². The van der Waals surface area contributed by atoms with E-state index in [1.54, 1.807) is 14.2 Å². The van der Waals surface area contributed by atoms with E-state index in [1.165, 1.54) is 11.1 Å². The zero-order valence-electron chi connectivity index (χ0n) is 25.7. The summed E-state index contributed by atoms with van der Waals surface area (Å²) in [5.74, 6) is 1.63. The molecule has 6 rings (SSSR count). The molecule has 3 N–H and O–H groups in total. The maximum atomic E-state index is 9.61. The molecule has 7 nitrogen and oxygen atoms in total. The molecule has 0 radical (unpaired) electrons. The minimum Gasteiger partial charge on any atom is -0.493 e. The molecule has 0 bridgehead atoms. The molecule has 0 aromatic heterocycles. The normalized spacial score (nSPS) is 21.9. The number of ether oxygens (including phenoxy) is 4. The summed E-state index contributed by atoms with van der Waals surface area (Å²) < 4.78 is 24.7. The van der Waals surface area contributed by atoms with Crippen LogP contribution in [0.5, 0.6) is 11.5 Å². The molecule has 0 spiro atoms. The second-order valence-corrected chi connectivity index (χ2v) is 11.8. The fourth-order valence-corrected chi connectivity index (χ4v) is 6.42. The van der Waals surface area contributed by atoms with E-state index in [4.69, 9.17) is 24.7 Å². The van der Waals surface area contributed by atoms with Gasteiger partial charge in [-0.05, 0) is 69.6 Å². The zero-order chi connectivity index (χ0) is 30.6. The molecule has 2 aliphatic rings. The topological polar surface area (TPSA) is 86.4 Å². The molecule has 1 saturated heterocycles. The number of fused-ring (bicyclic) bond motifs is 1. The largest absolute Gasteiger partial charge is 0.493 e. The van der Waals surface area contributed by atoms with Crippen LogP contribution in [-0.2, 0) is 35.6 Å². The van der Waals surface area contributed by atoms with Gasteiger partial charge in [0.1, 0.15) is 0 Å². The van der Waals surface area contributed by atoms with Crippen LogP contribution in [0.4, 0.5) is 0 Å². The molecular formula is C37H42N2O5. The number of methoxy groups -OCH3 is 2. The Hall–Kier alpha value is -3.72. The first-order valence-corrected chi connectivity index (χ1v) is 15.4. The van der Waals surface area contributed by atoms with Crippen molar-refractivity contribution in [2.24, 2.45) is 11.7 Å². The highest BCUT2D eigenvalue weighted by Gasteiger charge is 2.39. The van der Waals surface area contributed by atoms with E-state index in [1.807, 2.05) is 24.3 Å². The van der Waals surface area contributed by atoms with Crippen molar-refractivity contribution in [3.8, 4) is 22.6 Å². The van der Waals surface area contributed by atoms with Crippen LogP contribution in [0.25, 0.3) is 11.1 Å². The van der Waals surface area contributed by atoms with Crippen molar-refractivity contribution in [2.45, 2.75) is 51.5 Å². The van der Waals surface area contributed by atoms with E-state index in [-0.39, 0.29) is 24.7 Å². The van der Waals surface area contributed by atoms with Crippen molar-refractivity contribution < 1.29 is 24.1 Å². The molecule has 2 heterocycles. The van der Waals surface area contributed by atoms with E-state index in [0.29, 0.717) is 6.54 Å². The molecule has 2 aliphatic heterocycles. The molecule has 4 aromatic carbocycles. The number of aliphatic hydroxyl groups excluding tert-OH is 1. The highest BCUT2D eigenvalue weighted by Crippen LogP contribution is 2.43. The standard InChI is InChI=1S/C37H42N2O5/c1-24-35(22-39-15-14-30-18-33(41-2)34(42-3)19-32(30)21-39)43-37(44-36(24)27-12-10-25(23-40)11-13-27)31-9-5-8-29(17-31)28-7-4-6-26(16-28)20-38/h4-13,16-19,24,35-37,40H,14-15,20-23,38H2,1-3H3. The molecule has 230 valence electrons. The van der Waals surface area contributed by atoms with Crippen LogP contribution in [0.1, 0.15) is 52.7 Å². The van der Waals surface area contributed by atoms with Gasteiger partial charge in [0.15, 0.2) is 17.8 Å². The Kier molecular flexibility index (Phi) is 9.31. The highest BCUT2D eigenvalue weighted by molar-refractivity contribution is 5.65. The van der Waals surface area contributed by atoms with Gasteiger partial charge in [-0.3, -0.25) is 4.90 Å². The van der Waals surface area contributed by atoms with Crippen molar-refractivity contribution in [1.29, 1.82) is 0 Å². The monoisotopic (exact) mass is 594 g/mol. The van der Waals surface area contributed by atoms with Gasteiger partial charge in [0.2, 0.25) is 0 Å². The van der Waals surface area contributed by atoms with Crippen LogP contribution in [-0.4, -0.2) is 43.4 Å². The third-order valence-corrected chi connectivity index (χ3v) is 9.01. The number of hydrogen-bond donors (Lipinski definition) is 2. The third kappa shape index (κ3) is 6.39. The van der Waals surface area contributed by atoms with Gasteiger partial charge in [0.05, 0.1) is 33.0 Å². The lowest BCUT2D eigenvalue weighted by Gasteiger charge is -2.43. The summed E-state index contributed by atoms with van der Waals surface area (Å²) in [5, 5.41) is 9.61. The smallest absolute Gasteiger partial charge is 0.184 e.